The topological polar surface area (TPSA) is 148 Å². The summed E-state index contributed by atoms with van der Waals surface area (Å²) in [5.41, 5.74) is 5.77. The Morgan fingerprint density at radius 3 is 2.61 bits per heavy atom. The van der Waals surface area contributed by atoms with E-state index in [2.05, 4.69) is 10.6 Å². The standard InChI is InChI=1S/C20H24N4O6.ClH/c21-9-3-11-30-10-2-6-15(25)22-13-5-1-4-12-17(13)20(29)24(19(12)28)14-7-8-16(26)23-18(14)27;/h1,4-5,14H,2-3,6-11,21H2,(H,22,25)(H,23,26,27);1H. The van der Waals surface area contributed by atoms with Crippen LogP contribution in [-0.2, 0) is 19.1 Å². The summed E-state index contributed by atoms with van der Waals surface area (Å²) in [6, 6.07) is 3.52. The third-order valence-corrected chi connectivity index (χ3v) is 4.93. The Bertz CT molecular complexity index is 890. The Kier molecular flexibility index (Phi) is 8.66. The van der Waals surface area contributed by atoms with Gasteiger partial charge in [-0.05, 0) is 37.9 Å². The number of hydrogen-bond acceptors (Lipinski definition) is 7. The number of piperidine rings is 1. The van der Waals surface area contributed by atoms with Crippen LogP contribution in [0.4, 0.5) is 5.69 Å². The summed E-state index contributed by atoms with van der Waals surface area (Å²) in [6.45, 7) is 1.50. The zero-order valence-electron chi connectivity index (χ0n) is 16.8. The molecule has 2 heterocycles. The second-order valence-corrected chi connectivity index (χ2v) is 7.08. The van der Waals surface area contributed by atoms with Gasteiger partial charge in [-0.3, -0.25) is 34.2 Å². The van der Waals surface area contributed by atoms with Crippen LogP contribution in [0.2, 0.25) is 0 Å². The minimum atomic E-state index is -1.05. The largest absolute Gasteiger partial charge is 0.381 e. The first-order chi connectivity index (χ1) is 14.4. The number of nitrogens with one attached hydrogen (secondary N) is 2. The molecule has 0 aromatic heterocycles. The van der Waals surface area contributed by atoms with Crippen molar-refractivity contribution in [1.82, 2.24) is 10.2 Å². The van der Waals surface area contributed by atoms with Crippen LogP contribution >= 0.6 is 12.4 Å². The molecule has 0 aliphatic carbocycles. The van der Waals surface area contributed by atoms with Crippen LogP contribution in [-0.4, -0.2) is 60.2 Å². The van der Waals surface area contributed by atoms with Crippen molar-refractivity contribution < 1.29 is 28.7 Å². The summed E-state index contributed by atoms with van der Waals surface area (Å²) >= 11 is 0. The van der Waals surface area contributed by atoms with E-state index in [1.807, 2.05) is 0 Å². The van der Waals surface area contributed by atoms with Crippen LogP contribution in [0.5, 0.6) is 0 Å². The summed E-state index contributed by atoms with van der Waals surface area (Å²) < 4.78 is 5.35. The third-order valence-electron chi connectivity index (χ3n) is 4.93. The van der Waals surface area contributed by atoms with Gasteiger partial charge in [0.25, 0.3) is 11.8 Å². The van der Waals surface area contributed by atoms with Crippen molar-refractivity contribution in [2.24, 2.45) is 5.73 Å². The van der Waals surface area contributed by atoms with Gasteiger partial charge in [-0.2, -0.15) is 0 Å². The van der Waals surface area contributed by atoms with Crippen LogP contribution in [0.15, 0.2) is 18.2 Å². The zero-order chi connectivity index (χ0) is 21.7. The van der Waals surface area contributed by atoms with E-state index in [0.717, 1.165) is 11.3 Å². The normalized spacial score (nSPS) is 17.8. The third kappa shape index (κ3) is 5.46. The second-order valence-electron chi connectivity index (χ2n) is 7.08. The minimum Gasteiger partial charge on any atom is -0.381 e. The zero-order valence-corrected chi connectivity index (χ0v) is 17.7. The minimum absolute atomic E-state index is 0. The first kappa shape index (κ1) is 24.4. The molecule has 10 nitrogen and oxygen atoms in total. The van der Waals surface area contributed by atoms with Crippen LogP contribution in [0, 0.1) is 0 Å². The lowest BCUT2D eigenvalue weighted by atomic mass is 10.0. The van der Waals surface area contributed by atoms with Crippen LogP contribution in [0.25, 0.3) is 0 Å². The quantitative estimate of drug-likeness (QED) is 0.367. The number of nitrogens with two attached hydrogens (primary N) is 1. The van der Waals surface area contributed by atoms with Gasteiger partial charge >= 0.3 is 0 Å². The van der Waals surface area contributed by atoms with Crippen molar-refractivity contribution in [3.05, 3.63) is 29.3 Å². The van der Waals surface area contributed by atoms with Gasteiger partial charge in [0.05, 0.1) is 16.8 Å². The Balaban J connectivity index is 0.00000341. The smallest absolute Gasteiger partial charge is 0.264 e. The van der Waals surface area contributed by atoms with E-state index in [-0.39, 0.29) is 54.4 Å². The molecule has 168 valence electrons. The Morgan fingerprint density at radius 2 is 1.90 bits per heavy atom. The molecule has 1 saturated heterocycles. The fourth-order valence-electron chi connectivity index (χ4n) is 3.45. The summed E-state index contributed by atoms with van der Waals surface area (Å²) in [6.07, 6.45) is 1.55. The molecule has 31 heavy (non-hydrogen) atoms. The molecule has 1 aromatic rings. The number of rotatable bonds is 9. The predicted molar refractivity (Wildman–Crippen MR) is 113 cm³/mol. The van der Waals surface area contributed by atoms with Crippen molar-refractivity contribution in [2.45, 2.75) is 38.1 Å². The highest BCUT2D eigenvalue weighted by molar-refractivity contribution is 6.26. The van der Waals surface area contributed by atoms with Gasteiger partial charge in [-0.25, -0.2) is 0 Å². The van der Waals surface area contributed by atoms with E-state index in [0.29, 0.717) is 26.2 Å². The van der Waals surface area contributed by atoms with Gasteiger partial charge in [-0.1, -0.05) is 6.07 Å². The predicted octanol–water partition coefficient (Wildman–Crippen LogP) is 0.594. The number of anilines is 1. The maximum atomic E-state index is 13.0. The van der Waals surface area contributed by atoms with Crippen LogP contribution in [0.3, 0.4) is 0 Å². The van der Waals surface area contributed by atoms with E-state index in [1.54, 1.807) is 6.07 Å². The number of nitrogens with zero attached hydrogens (tertiary/aromatic N) is 1. The highest BCUT2D eigenvalue weighted by atomic mass is 35.5. The van der Waals surface area contributed by atoms with Crippen molar-refractivity contribution in [3.63, 3.8) is 0 Å². The number of imide groups is 2. The Morgan fingerprint density at radius 1 is 1.16 bits per heavy atom. The van der Waals surface area contributed by atoms with Crippen molar-refractivity contribution in [1.29, 1.82) is 0 Å². The van der Waals surface area contributed by atoms with Gasteiger partial charge < -0.3 is 15.8 Å². The lowest BCUT2D eigenvalue weighted by Gasteiger charge is -2.27. The lowest BCUT2D eigenvalue weighted by molar-refractivity contribution is -0.136. The second kappa shape index (κ2) is 11.0. The summed E-state index contributed by atoms with van der Waals surface area (Å²) in [5, 5.41) is 4.82. The molecule has 0 bridgehead atoms. The monoisotopic (exact) mass is 452 g/mol. The maximum Gasteiger partial charge on any atom is 0.264 e. The highest BCUT2D eigenvalue weighted by Gasteiger charge is 2.45. The van der Waals surface area contributed by atoms with E-state index in [4.69, 9.17) is 10.5 Å². The average Bonchev–Trinajstić information content (AvgIpc) is 2.96. The van der Waals surface area contributed by atoms with Crippen LogP contribution in [0.1, 0.15) is 52.8 Å². The molecule has 1 fully saturated rings. The van der Waals surface area contributed by atoms with Crippen molar-refractivity contribution in [3.8, 4) is 0 Å². The number of amides is 5. The Hall–Kier alpha value is -2.82. The molecule has 5 amide bonds. The van der Waals surface area contributed by atoms with Crippen molar-refractivity contribution in [2.75, 3.05) is 25.1 Å². The molecule has 4 N–H and O–H groups in total. The van der Waals surface area contributed by atoms with Crippen LogP contribution < -0.4 is 16.4 Å². The number of carbonyl (C=O) groups is 5. The molecule has 11 heteroatoms. The molecule has 2 aliphatic heterocycles. The molecule has 1 aromatic carbocycles. The van der Waals surface area contributed by atoms with E-state index in [1.165, 1.54) is 12.1 Å². The Labute approximate surface area is 185 Å². The fourth-order valence-corrected chi connectivity index (χ4v) is 3.45. The highest BCUT2D eigenvalue weighted by Crippen LogP contribution is 2.32. The van der Waals surface area contributed by atoms with Crippen molar-refractivity contribution >= 4 is 47.6 Å². The van der Waals surface area contributed by atoms with Gasteiger partial charge in [0.2, 0.25) is 17.7 Å². The van der Waals surface area contributed by atoms with Gasteiger partial charge in [-0.15, -0.1) is 12.4 Å². The number of ether oxygens (including phenoxy) is 1. The number of halogens is 1. The molecule has 0 spiro atoms. The van der Waals surface area contributed by atoms with E-state index in [9.17, 15) is 24.0 Å². The van der Waals surface area contributed by atoms with E-state index < -0.39 is 29.7 Å². The number of benzene rings is 1. The van der Waals surface area contributed by atoms with Gasteiger partial charge in [0.15, 0.2) is 0 Å². The van der Waals surface area contributed by atoms with Gasteiger partial charge in [0.1, 0.15) is 6.04 Å². The molecule has 1 unspecified atom stereocenters. The maximum absolute atomic E-state index is 13.0. The first-order valence-corrected chi connectivity index (χ1v) is 9.86. The SMILES string of the molecule is Cl.NCCCOCCCC(=O)Nc1cccc2c1C(=O)N(C1CCC(=O)NC1=O)C2=O. The molecule has 0 radical (unpaired) electrons. The fraction of sp³-hybridized carbons (Fsp3) is 0.450. The first-order valence-electron chi connectivity index (χ1n) is 9.86. The number of carbonyl (C=O) groups excluding carboxylic acids is 5. The molecule has 0 saturated carbocycles. The molecule has 1 atom stereocenters. The molecule has 3 rings (SSSR count). The van der Waals surface area contributed by atoms with E-state index >= 15 is 0 Å². The lowest BCUT2D eigenvalue weighted by Crippen LogP contribution is -2.54. The molecular weight excluding hydrogens is 428 g/mol. The molecular formula is C20H25ClN4O6. The number of fused-ring (bicyclic) bond motifs is 1. The average molecular weight is 453 g/mol. The summed E-state index contributed by atoms with van der Waals surface area (Å²) in [5.74, 6) is -2.71. The summed E-state index contributed by atoms with van der Waals surface area (Å²) in [4.78, 5) is 62.4. The van der Waals surface area contributed by atoms with Gasteiger partial charge in [0, 0.05) is 26.1 Å². The number of hydrogen-bond donors (Lipinski definition) is 3. The summed E-state index contributed by atoms with van der Waals surface area (Å²) in [7, 11) is 0. The molecule has 2 aliphatic rings.